The average molecular weight is 1310 g/mol. The van der Waals surface area contributed by atoms with Gasteiger partial charge in [-0.05, 0) is 59.7 Å². The van der Waals surface area contributed by atoms with Crippen molar-refractivity contribution in [1.82, 2.24) is 0 Å². The molecule has 96 heavy (non-hydrogen) atoms. The summed E-state index contributed by atoms with van der Waals surface area (Å²) in [5.41, 5.74) is 12.7. The van der Waals surface area contributed by atoms with Crippen LogP contribution in [0.3, 0.4) is 0 Å². The molecule has 4 aromatic carbocycles. The average Bonchev–Trinajstić information content (AvgIpc) is 0.740. The van der Waals surface area contributed by atoms with Gasteiger partial charge >= 0.3 is 0 Å². The fraction of sp³-hybridized carbons (Fsp3) is 0.489. The highest BCUT2D eigenvalue weighted by Crippen LogP contribution is 2.36. The molecule has 0 saturated carbocycles. The van der Waals surface area contributed by atoms with Crippen molar-refractivity contribution >= 4 is 43.6 Å². The molecule has 0 aliphatic rings. The molecule has 0 radical (unpaired) electrons. The summed E-state index contributed by atoms with van der Waals surface area (Å²) < 4.78 is 14.4. The molecule has 10 rings (SSSR count). The third-order valence-corrected chi connectivity index (χ3v) is 14.2. The molecule has 0 unspecified atom stereocenters. The lowest BCUT2D eigenvalue weighted by Crippen LogP contribution is -2.56. The van der Waals surface area contributed by atoms with Gasteiger partial charge in [0.15, 0.2) is 70.4 Å². The van der Waals surface area contributed by atoms with E-state index in [-0.39, 0.29) is 33.2 Å². The molecule has 0 fully saturated rings. The lowest BCUT2D eigenvalue weighted by atomic mass is 9.93. The lowest BCUT2D eigenvalue weighted by molar-refractivity contribution is -0.770. The number of fused-ring (bicyclic) bond motifs is 6. The van der Waals surface area contributed by atoms with Crippen molar-refractivity contribution in [3.8, 4) is 33.6 Å². The van der Waals surface area contributed by atoms with Gasteiger partial charge in [0.25, 0.3) is 33.5 Å². The topological polar surface area (TPSA) is 23.3 Å². The Bertz CT molecular complexity index is 3440. The second kappa shape index (κ2) is 45.3. The molecular weight excluding hydrogens is 1170 g/mol. The van der Waals surface area contributed by atoms with Crippen LogP contribution in [0.4, 0.5) is 0 Å². The monoisotopic (exact) mass is 1310 g/mol. The van der Waals surface area contributed by atoms with Crippen LogP contribution in [0.15, 0.2) is 195 Å². The van der Waals surface area contributed by atoms with E-state index in [0.29, 0.717) is 0 Å². The van der Waals surface area contributed by atoms with Crippen molar-refractivity contribution in [1.29, 1.82) is 0 Å². The predicted molar refractivity (Wildman–Crippen MR) is 430 cm³/mol. The molecule has 0 spiro atoms. The number of rotatable bonds is 3. The number of pyridine rings is 6. The van der Waals surface area contributed by atoms with E-state index in [1.165, 1.54) is 77.3 Å². The van der Waals surface area contributed by atoms with Crippen LogP contribution in [0.5, 0.6) is 0 Å². The van der Waals surface area contributed by atoms with Crippen LogP contribution in [-0.2, 0) is 33.2 Å². The quantitative estimate of drug-likeness (QED) is 0.124. The smallest absolute Gasteiger partial charge is 0.189 e. The highest BCUT2D eigenvalue weighted by atomic mass is 15.1. The van der Waals surface area contributed by atoms with Crippen molar-refractivity contribution in [3.63, 3.8) is 0 Å². The van der Waals surface area contributed by atoms with Crippen LogP contribution in [0.1, 0.15) is 263 Å². The van der Waals surface area contributed by atoms with Crippen molar-refractivity contribution in [2.45, 2.75) is 296 Å². The molecule has 0 atom stereocenters. The first kappa shape index (κ1) is 93.0. The molecule has 0 N–H and O–H groups in total. The van der Waals surface area contributed by atoms with Crippen molar-refractivity contribution < 1.29 is 27.4 Å². The van der Waals surface area contributed by atoms with Gasteiger partial charge in [-0.15, -0.1) is 0 Å². The second-order valence-corrected chi connectivity index (χ2v) is 26.4. The van der Waals surface area contributed by atoms with E-state index in [0.717, 1.165) is 0 Å². The summed E-state index contributed by atoms with van der Waals surface area (Å²) in [6, 6.07) is 56.6. The van der Waals surface area contributed by atoms with Crippen molar-refractivity contribution in [3.05, 3.63) is 195 Å². The summed E-state index contributed by atoms with van der Waals surface area (Å²) in [7, 11) is 0. The zero-order valence-electron chi connectivity index (χ0n) is 69.2. The van der Waals surface area contributed by atoms with E-state index in [1.54, 1.807) is 0 Å². The normalized spacial score (nSPS) is 10.6. The van der Waals surface area contributed by atoms with Gasteiger partial charge in [-0.1, -0.05) is 199 Å². The van der Waals surface area contributed by atoms with E-state index < -0.39 is 0 Å². The van der Waals surface area contributed by atoms with Gasteiger partial charge in [-0.2, -0.15) is 27.4 Å². The Morgan fingerprint density at radius 1 is 0.188 bits per heavy atom. The standard InChI is InChI=1S/C32H34N2.C20H26N2.C18H26N2.10C2H6/c1-31(2,3)33-21-19-25(23-13-9-7-10-14-23)27-17-18-28-26(24-15-11-8-12-16-24)20-22-34(32(4,5)6)30(28)29(27)33;1-19(2,3)21-13-7-9-15-11-12-16-10-8-14-22(20(4,5)6)18(16)17(15)21;1-17(2,3)19-13-9-7-11-15(19)16-12-8-10-14-20(16)18(4,5)6;10*1-2/h7-22H,1-6H3;7-14H,1-6H3;7-14H,1-6H3;10*1-2H3/q3*+2;;;;;;;;;;. The molecule has 0 saturated heterocycles. The minimum Gasteiger partial charge on any atom is -0.189 e. The maximum atomic E-state index is 2.45. The zero-order chi connectivity index (χ0) is 75.2. The van der Waals surface area contributed by atoms with E-state index in [2.05, 4.69) is 347 Å². The maximum Gasteiger partial charge on any atom is 0.286 e. The number of hydrogen-bond donors (Lipinski definition) is 0. The minimum atomic E-state index is -0.0692. The number of aromatic nitrogens is 6. The lowest BCUT2D eigenvalue weighted by Gasteiger charge is -2.20. The summed E-state index contributed by atoms with van der Waals surface area (Å²) in [6.45, 7) is 80.7. The van der Waals surface area contributed by atoms with Crippen molar-refractivity contribution in [2.24, 2.45) is 0 Å². The first-order valence-corrected chi connectivity index (χ1v) is 37.4. The van der Waals surface area contributed by atoms with Gasteiger partial charge in [0, 0.05) is 184 Å². The molecule has 0 bridgehead atoms. The second-order valence-electron chi connectivity index (χ2n) is 26.4. The number of benzene rings is 4. The Morgan fingerprint density at radius 3 is 0.667 bits per heavy atom. The summed E-state index contributed by atoms with van der Waals surface area (Å²) in [5, 5.41) is 5.13. The van der Waals surface area contributed by atoms with Crippen LogP contribution in [0.25, 0.3) is 77.3 Å². The molecule has 10 aromatic rings. The fourth-order valence-corrected chi connectivity index (χ4v) is 10.6. The predicted octanol–water partition coefficient (Wildman–Crippen LogP) is 25.2. The first-order valence-electron chi connectivity index (χ1n) is 37.4. The summed E-state index contributed by atoms with van der Waals surface area (Å²) >= 11 is 0. The summed E-state index contributed by atoms with van der Waals surface area (Å²) in [4.78, 5) is 0. The molecule has 0 aliphatic carbocycles. The van der Waals surface area contributed by atoms with Crippen LogP contribution in [-0.4, -0.2) is 0 Å². The number of hydrogen-bond acceptors (Lipinski definition) is 0. The van der Waals surface area contributed by atoms with Crippen LogP contribution in [0, 0.1) is 0 Å². The summed E-state index contributed by atoms with van der Waals surface area (Å²) in [5.74, 6) is 0. The Kier molecular flexibility index (Phi) is 43.9. The first-order chi connectivity index (χ1) is 45.6. The van der Waals surface area contributed by atoms with Gasteiger partial charge < -0.3 is 0 Å². The minimum absolute atomic E-state index is 0.0410. The summed E-state index contributed by atoms with van der Waals surface area (Å²) in [6.07, 6.45) is 13.3. The van der Waals surface area contributed by atoms with Gasteiger partial charge in [0.2, 0.25) is 0 Å². The van der Waals surface area contributed by atoms with E-state index in [4.69, 9.17) is 0 Å². The Hall–Kier alpha value is -7.18. The van der Waals surface area contributed by atoms with Gasteiger partial charge in [-0.3, -0.25) is 0 Å². The Balaban J connectivity index is -0.00000123. The SMILES string of the molecule is CC.CC.CC.CC.CC.CC.CC.CC.CC.CC.CC(C)(C)[n+]1ccc(-c2ccccc2)c2ccc3c(-c4ccccc4)cc[n+](C(C)(C)C)c3c21.CC(C)(C)[n+]1cccc2ccc3ccc[n+](C(C)(C)C)c3c21.CC(C)(C)[n+]1ccccc1-c1cccc[n+]1C(C)(C)C. The van der Waals surface area contributed by atoms with Crippen LogP contribution >= 0.6 is 0 Å². The van der Waals surface area contributed by atoms with E-state index in [9.17, 15) is 0 Å². The van der Waals surface area contributed by atoms with Gasteiger partial charge in [0.1, 0.15) is 0 Å². The molecular formula is C90H146N6+6. The van der Waals surface area contributed by atoms with Gasteiger partial charge in [0.05, 0.1) is 21.5 Å². The van der Waals surface area contributed by atoms with Crippen LogP contribution in [0.2, 0.25) is 0 Å². The molecule has 6 nitrogen and oxygen atoms in total. The van der Waals surface area contributed by atoms with E-state index in [1.807, 2.05) is 138 Å². The molecule has 6 heteroatoms. The molecule has 6 aromatic heterocycles. The maximum absolute atomic E-state index is 2.45. The fourth-order valence-electron chi connectivity index (χ4n) is 10.6. The molecule has 6 heterocycles. The molecule has 0 amide bonds. The van der Waals surface area contributed by atoms with Gasteiger partial charge in [-0.25, -0.2) is 0 Å². The third-order valence-electron chi connectivity index (χ3n) is 14.2. The highest BCUT2D eigenvalue weighted by Gasteiger charge is 2.37. The van der Waals surface area contributed by atoms with Crippen molar-refractivity contribution in [2.75, 3.05) is 0 Å². The van der Waals surface area contributed by atoms with E-state index >= 15 is 0 Å². The zero-order valence-corrected chi connectivity index (χ0v) is 69.2. The number of nitrogens with zero attached hydrogens (tertiary/aromatic N) is 6. The third kappa shape index (κ3) is 25.4. The Labute approximate surface area is 592 Å². The Morgan fingerprint density at radius 2 is 0.417 bits per heavy atom. The highest BCUT2D eigenvalue weighted by molar-refractivity contribution is 6.09. The molecule has 0 aliphatic heterocycles. The molecule has 530 valence electrons. The van der Waals surface area contributed by atoms with Crippen LogP contribution < -0.4 is 27.4 Å². The largest absolute Gasteiger partial charge is 0.286 e.